The van der Waals surface area contributed by atoms with Gasteiger partial charge in [-0.3, -0.25) is 19.3 Å². The average molecular weight is 522 g/mol. The number of alkyl halides is 2. The number of nitrogens with one attached hydrogen (secondary N) is 1. The van der Waals surface area contributed by atoms with Crippen LogP contribution in [-0.2, 0) is 19.1 Å². The Labute approximate surface area is 210 Å². The summed E-state index contributed by atoms with van der Waals surface area (Å²) in [6.45, 7) is -0.505. The summed E-state index contributed by atoms with van der Waals surface area (Å²) in [4.78, 5) is 52.1. The van der Waals surface area contributed by atoms with E-state index in [1.807, 2.05) is 0 Å². The van der Waals surface area contributed by atoms with Crippen LogP contribution in [0.2, 0.25) is 5.02 Å². The molecule has 0 unspecified atom stereocenters. The van der Waals surface area contributed by atoms with Gasteiger partial charge in [-0.25, -0.2) is 4.79 Å². The van der Waals surface area contributed by atoms with Gasteiger partial charge in [-0.1, -0.05) is 17.7 Å². The van der Waals surface area contributed by atoms with Crippen LogP contribution in [0.1, 0.15) is 16.8 Å². The molecule has 2 bridgehead atoms. The van der Waals surface area contributed by atoms with E-state index in [0.29, 0.717) is 17.1 Å². The minimum absolute atomic E-state index is 0.114. The molecule has 1 saturated heterocycles. The van der Waals surface area contributed by atoms with Crippen molar-refractivity contribution >= 4 is 69.9 Å². The third-order valence-electron chi connectivity index (χ3n) is 6.79. The molecule has 2 aromatic carbocycles. The second-order valence-corrected chi connectivity index (χ2v) is 10.1. The van der Waals surface area contributed by atoms with E-state index in [1.54, 1.807) is 36.4 Å². The molecule has 3 aliphatic rings. The number of imide groups is 1. The van der Waals surface area contributed by atoms with Gasteiger partial charge >= 0.3 is 5.97 Å². The second-order valence-electron chi connectivity index (χ2n) is 8.70. The zero-order valence-electron chi connectivity index (χ0n) is 17.6. The van der Waals surface area contributed by atoms with E-state index in [-0.39, 0.29) is 45.7 Å². The van der Waals surface area contributed by atoms with Crippen molar-refractivity contribution < 1.29 is 23.9 Å². The molecule has 2 aromatic rings. The first-order valence-electron chi connectivity index (χ1n) is 10.7. The van der Waals surface area contributed by atoms with Gasteiger partial charge in [-0.15, -0.1) is 23.2 Å². The summed E-state index contributed by atoms with van der Waals surface area (Å²) in [5, 5.41) is 2.44. The third kappa shape index (κ3) is 3.85. The van der Waals surface area contributed by atoms with Crippen LogP contribution in [0.4, 0.5) is 11.4 Å². The Morgan fingerprint density at radius 3 is 2.21 bits per heavy atom. The summed E-state index contributed by atoms with van der Waals surface area (Å²) >= 11 is 18.6. The lowest BCUT2D eigenvalue weighted by molar-refractivity contribution is -0.123. The van der Waals surface area contributed by atoms with Crippen molar-refractivity contribution in [3.63, 3.8) is 0 Å². The smallest absolute Gasteiger partial charge is 0.338 e. The standard InChI is InChI=1S/C24H19Cl3N2O5/c25-12-4-6-13(7-5-12)28-17(30)10-34-24(33)11-2-1-3-14(8-11)29-22(31)18-15-9-16(19(18)23(29)32)21(27)20(15)26/h1-8,15-16,18-21H,9-10H2,(H,28,30)/t15-,16-,18-,19-,20+,21+/m1/s1. The van der Waals surface area contributed by atoms with Gasteiger partial charge in [0, 0.05) is 10.7 Å². The lowest BCUT2D eigenvalue weighted by atomic mass is 9.80. The molecule has 3 fully saturated rings. The van der Waals surface area contributed by atoms with Gasteiger partial charge in [0.15, 0.2) is 6.61 Å². The van der Waals surface area contributed by atoms with Crippen LogP contribution in [0.5, 0.6) is 0 Å². The maximum atomic E-state index is 13.2. The topological polar surface area (TPSA) is 92.8 Å². The molecule has 10 heteroatoms. The lowest BCUT2D eigenvalue weighted by Crippen LogP contribution is -2.37. The minimum atomic E-state index is -0.755. The maximum Gasteiger partial charge on any atom is 0.338 e. The Bertz CT molecular complexity index is 1160. The molecule has 0 spiro atoms. The summed E-state index contributed by atoms with van der Waals surface area (Å²) in [5.41, 5.74) is 0.903. The molecule has 2 saturated carbocycles. The molecule has 0 aromatic heterocycles. The Morgan fingerprint density at radius 2 is 1.59 bits per heavy atom. The summed E-state index contributed by atoms with van der Waals surface area (Å²) in [6, 6.07) is 12.5. The lowest BCUT2D eigenvalue weighted by Gasteiger charge is -2.28. The molecule has 34 heavy (non-hydrogen) atoms. The van der Waals surface area contributed by atoms with Crippen molar-refractivity contribution in [1.82, 2.24) is 0 Å². The van der Waals surface area contributed by atoms with Crippen LogP contribution < -0.4 is 10.2 Å². The van der Waals surface area contributed by atoms with Crippen molar-refractivity contribution in [2.24, 2.45) is 23.7 Å². The van der Waals surface area contributed by atoms with Crippen molar-refractivity contribution in [2.75, 3.05) is 16.8 Å². The van der Waals surface area contributed by atoms with Gasteiger partial charge in [0.25, 0.3) is 5.91 Å². The highest BCUT2D eigenvalue weighted by Crippen LogP contribution is 2.59. The monoisotopic (exact) mass is 520 g/mol. The SMILES string of the molecule is O=C(COC(=O)c1cccc(N2C(=O)[C@@H]3[C@H]4C[C@@H]([C@H](Cl)[C@H]4Cl)[C@H]3C2=O)c1)Nc1ccc(Cl)cc1. The fourth-order valence-corrected chi connectivity index (χ4v) is 6.34. The molecule has 0 radical (unpaired) electrons. The molecule has 2 aliphatic carbocycles. The number of hydrogen-bond donors (Lipinski definition) is 1. The maximum absolute atomic E-state index is 13.2. The van der Waals surface area contributed by atoms with Gasteiger partial charge in [0.05, 0.1) is 33.8 Å². The van der Waals surface area contributed by atoms with Gasteiger partial charge in [-0.05, 0) is 60.7 Å². The first-order chi connectivity index (χ1) is 16.3. The predicted octanol–water partition coefficient (Wildman–Crippen LogP) is 4.11. The molecular formula is C24H19Cl3N2O5. The molecule has 3 amide bonds. The highest BCUT2D eigenvalue weighted by molar-refractivity contribution is 6.32. The molecule has 1 N–H and O–H groups in total. The number of rotatable bonds is 5. The summed E-state index contributed by atoms with van der Waals surface area (Å²) in [6.07, 6.45) is 0.674. The van der Waals surface area contributed by atoms with Crippen LogP contribution in [0, 0.1) is 23.7 Å². The molecule has 1 aliphatic heterocycles. The van der Waals surface area contributed by atoms with Gasteiger partial charge in [0.1, 0.15) is 0 Å². The van der Waals surface area contributed by atoms with Crippen LogP contribution >= 0.6 is 34.8 Å². The normalized spacial score (nSPS) is 29.3. The van der Waals surface area contributed by atoms with E-state index in [4.69, 9.17) is 39.5 Å². The highest BCUT2D eigenvalue weighted by Gasteiger charge is 2.66. The number of amides is 3. The number of carbonyl (C=O) groups is 4. The number of hydrogen-bond acceptors (Lipinski definition) is 5. The van der Waals surface area contributed by atoms with E-state index in [0.717, 1.165) is 4.90 Å². The fraction of sp³-hybridized carbons (Fsp3) is 0.333. The van der Waals surface area contributed by atoms with Crippen molar-refractivity contribution in [3.05, 3.63) is 59.1 Å². The number of nitrogens with zero attached hydrogens (tertiary/aromatic N) is 1. The minimum Gasteiger partial charge on any atom is -0.452 e. The predicted molar refractivity (Wildman–Crippen MR) is 127 cm³/mol. The number of benzene rings is 2. The van der Waals surface area contributed by atoms with Crippen molar-refractivity contribution in [2.45, 2.75) is 17.2 Å². The zero-order valence-corrected chi connectivity index (χ0v) is 19.9. The van der Waals surface area contributed by atoms with E-state index in [2.05, 4.69) is 5.32 Å². The molecule has 1 heterocycles. The van der Waals surface area contributed by atoms with Crippen LogP contribution in [0.3, 0.4) is 0 Å². The Morgan fingerprint density at radius 1 is 0.971 bits per heavy atom. The molecule has 7 nitrogen and oxygen atoms in total. The second kappa shape index (κ2) is 8.87. The van der Waals surface area contributed by atoms with Gasteiger partial charge in [-0.2, -0.15) is 0 Å². The Kier molecular flexibility index (Phi) is 6.04. The Hall–Kier alpha value is -2.61. The number of halogens is 3. The zero-order chi connectivity index (χ0) is 24.1. The number of fused-ring (bicyclic) bond motifs is 5. The van der Waals surface area contributed by atoms with Crippen molar-refractivity contribution in [1.29, 1.82) is 0 Å². The van der Waals surface area contributed by atoms with Gasteiger partial charge in [0.2, 0.25) is 11.8 Å². The summed E-state index contributed by atoms with van der Waals surface area (Å²) in [7, 11) is 0. The molecule has 6 atom stereocenters. The summed E-state index contributed by atoms with van der Waals surface area (Å²) < 4.78 is 5.10. The first-order valence-corrected chi connectivity index (χ1v) is 12.0. The quantitative estimate of drug-likeness (QED) is 0.363. The van der Waals surface area contributed by atoms with Crippen LogP contribution in [0.15, 0.2) is 48.5 Å². The first kappa shape index (κ1) is 23.1. The van der Waals surface area contributed by atoms with E-state index < -0.39 is 30.3 Å². The largest absolute Gasteiger partial charge is 0.452 e. The van der Waals surface area contributed by atoms with Crippen LogP contribution in [0.25, 0.3) is 0 Å². The highest BCUT2D eigenvalue weighted by atomic mass is 35.5. The number of esters is 1. The number of ether oxygens (including phenoxy) is 1. The van der Waals surface area contributed by atoms with Crippen molar-refractivity contribution in [3.8, 4) is 0 Å². The molecular weight excluding hydrogens is 503 g/mol. The van der Waals surface area contributed by atoms with Gasteiger partial charge < -0.3 is 10.1 Å². The van der Waals surface area contributed by atoms with E-state index in [1.165, 1.54) is 12.1 Å². The fourth-order valence-electron chi connectivity index (χ4n) is 5.32. The number of anilines is 2. The number of carbonyl (C=O) groups excluding carboxylic acids is 4. The summed E-state index contributed by atoms with van der Waals surface area (Å²) in [5.74, 6) is -3.14. The van der Waals surface area contributed by atoms with E-state index in [9.17, 15) is 19.2 Å². The molecule has 176 valence electrons. The molecule has 5 rings (SSSR count). The third-order valence-corrected chi connectivity index (χ3v) is 8.36. The van der Waals surface area contributed by atoms with Crippen LogP contribution in [-0.4, -0.2) is 41.1 Å². The Balaban J connectivity index is 1.26. The van der Waals surface area contributed by atoms with E-state index >= 15 is 0 Å². The average Bonchev–Trinajstić information content (AvgIpc) is 3.44.